The van der Waals surface area contributed by atoms with E-state index in [1.807, 2.05) is 0 Å². The summed E-state index contributed by atoms with van der Waals surface area (Å²) < 4.78 is 14.0. The maximum atomic E-state index is 12.3. The first-order chi connectivity index (χ1) is 10.5. The maximum absolute atomic E-state index is 12.3. The number of rotatable bonds is 7. The summed E-state index contributed by atoms with van der Waals surface area (Å²) in [5.74, 6) is 0. The van der Waals surface area contributed by atoms with Gasteiger partial charge in [0, 0.05) is 20.7 Å². The minimum atomic E-state index is -0.519. The molecule has 0 unspecified atom stereocenters. The van der Waals surface area contributed by atoms with E-state index in [0.717, 1.165) is 4.57 Å². The molecule has 120 valence electrons. The predicted octanol–water partition coefficient (Wildman–Crippen LogP) is 0.357. The number of hydrogen-bond donors (Lipinski definition) is 0. The Bertz CT molecular complexity index is 805. The molecule has 0 aromatic carbocycles. The Kier molecular flexibility index (Phi) is 5.17. The van der Waals surface area contributed by atoms with Gasteiger partial charge >= 0.3 is 5.69 Å². The van der Waals surface area contributed by atoms with Gasteiger partial charge in [-0.15, -0.1) is 6.58 Å². The molecular weight excluding hydrogens is 312 g/mol. The van der Waals surface area contributed by atoms with Crippen LogP contribution in [0.1, 0.15) is 0 Å². The highest BCUT2D eigenvalue weighted by atomic mass is 35.5. The summed E-state index contributed by atoms with van der Waals surface area (Å²) in [7, 11) is 2.95. The summed E-state index contributed by atoms with van der Waals surface area (Å²) in [4.78, 5) is 28.7. The maximum Gasteiger partial charge on any atom is 0.334 e. The Balaban J connectivity index is 2.60. The van der Waals surface area contributed by atoms with Gasteiger partial charge in [-0.2, -0.15) is 4.98 Å². The van der Waals surface area contributed by atoms with E-state index in [1.54, 1.807) is 13.2 Å². The fourth-order valence-corrected chi connectivity index (χ4v) is 2.27. The second-order valence-electron chi connectivity index (χ2n) is 4.56. The van der Waals surface area contributed by atoms with Crippen molar-refractivity contribution in [3.8, 4) is 0 Å². The van der Waals surface area contributed by atoms with Crippen molar-refractivity contribution in [2.45, 2.75) is 13.3 Å². The van der Waals surface area contributed by atoms with Gasteiger partial charge in [0.1, 0.15) is 6.73 Å². The number of allylic oxidation sites excluding steroid dienone is 1. The summed E-state index contributed by atoms with van der Waals surface area (Å²) >= 11 is 6.06. The van der Waals surface area contributed by atoms with Crippen molar-refractivity contribution in [3.05, 3.63) is 38.8 Å². The lowest BCUT2D eigenvalue weighted by Crippen LogP contribution is -2.39. The van der Waals surface area contributed by atoms with Gasteiger partial charge in [0.25, 0.3) is 5.56 Å². The molecule has 0 aliphatic rings. The molecule has 2 aromatic heterocycles. The molecule has 2 aromatic rings. The first-order valence-electron chi connectivity index (χ1n) is 6.56. The molecule has 0 atom stereocenters. The topological polar surface area (TPSA) is 80.3 Å². The standard InChI is InChI=1S/C13H17ClN4O4/c1-4-5-17-9-10(15-12(17)14)18(8-22-7-6-21-3)13(20)16(2)11(9)19/h4H,1,5-8H2,2-3H3. The number of methoxy groups -OCH3 is 1. The second kappa shape index (κ2) is 6.91. The number of fused-ring (bicyclic) bond motifs is 1. The highest BCUT2D eigenvalue weighted by Gasteiger charge is 2.18. The molecule has 0 spiro atoms. The number of ether oxygens (including phenoxy) is 2. The van der Waals surface area contributed by atoms with E-state index < -0.39 is 11.2 Å². The lowest BCUT2D eigenvalue weighted by Gasteiger charge is -2.10. The Morgan fingerprint density at radius 1 is 1.32 bits per heavy atom. The summed E-state index contributed by atoms with van der Waals surface area (Å²) in [6, 6.07) is 0. The minimum absolute atomic E-state index is 0.0474. The van der Waals surface area contributed by atoms with Crippen LogP contribution in [0.2, 0.25) is 5.28 Å². The van der Waals surface area contributed by atoms with Gasteiger partial charge in [0.15, 0.2) is 11.2 Å². The molecule has 0 amide bonds. The Morgan fingerprint density at radius 3 is 2.68 bits per heavy atom. The zero-order valence-electron chi connectivity index (χ0n) is 12.4. The smallest absolute Gasteiger partial charge is 0.334 e. The monoisotopic (exact) mass is 328 g/mol. The van der Waals surface area contributed by atoms with Crippen LogP contribution in [-0.4, -0.2) is 39.0 Å². The third kappa shape index (κ3) is 2.85. The van der Waals surface area contributed by atoms with Crippen LogP contribution in [0, 0.1) is 0 Å². The SMILES string of the molecule is C=CCn1c(Cl)nc2c1c(=O)n(C)c(=O)n2COCCOC. The van der Waals surface area contributed by atoms with Crippen LogP contribution >= 0.6 is 11.6 Å². The number of aromatic nitrogens is 4. The molecule has 0 saturated carbocycles. The molecule has 0 N–H and O–H groups in total. The van der Waals surface area contributed by atoms with Crippen molar-refractivity contribution in [3.63, 3.8) is 0 Å². The highest BCUT2D eigenvalue weighted by Crippen LogP contribution is 2.15. The van der Waals surface area contributed by atoms with E-state index in [1.165, 1.54) is 16.2 Å². The molecule has 0 radical (unpaired) electrons. The van der Waals surface area contributed by atoms with Crippen LogP contribution < -0.4 is 11.2 Å². The molecular formula is C13H17ClN4O4. The molecule has 0 saturated heterocycles. The number of halogens is 1. The normalized spacial score (nSPS) is 11.2. The average molecular weight is 329 g/mol. The zero-order chi connectivity index (χ0) is 16.3. The minimum Gasteiger partial charge on any atom is -0.382 e. The Hall–Kier alpha value is -1.90. The Labute approximate surface area is 131 Å². The van der Waals surface area contributed by atoms with Crippen molar-refractivity contribution in [2.75, 3.05) is 20.3 Å². The Morgan fingerprint density at radius 2 is 2.05 bits per heavy atom. The van der Waals surface area contributed by atoms with E-state index in [-0.39, 0.29) is 23.2 Å². The number of nitrogens with zero attached hydrogens (tertiary/aromatic N) is 4. The molecule has 2 rings (SSSR count). The largest absolute Gasteiger partial charge is 0.382 e. The summed E-state index contributed by atoms with van der Waals surface area (Å²) in [6.07, 6.45) is 1.59. The first-order valence-corrected chi connectivity index (χ1v) is 6.93. The molecule has 0 aliphatic heterocycles. The van der Waals surface area contributed by atoms with Crippen molar-refractivity contribution >= 4 is 22.8 Å². The lowest BCUT2D eigenvalue weighted by atomic mass is 10.5. The lowest BCUT2D eigenvalue weighted by molar-refractivity contribution is 0.0334. The summed E-state index contributed by atoms with van der Waals surface area (Å²) in [6.45, 7) is 4.60. The third-order valence-corrected chi connectivity index (χ3v) is 3.44. The van der Waals surface area contributed by atoms with Crippen molar-refractivity contribution in [1.29, 1.82) is 0 Å². The third-order valence-electron chi connectivity index (χ3n) is 3.15. The van der Waals surface area contributed by atoms with Crippen LogP contribution in [0.25, 0.3) is 11.2 Å². The first kappa shape index (κ1) is 16.5. The molecule has 8 nitrogen and oxygen atoms in total. The summed E-state index contributed by atoms with van der Waals surface area (Å²) in [5.41, 5.74) is -0.552. The van der Waals surface area contributed by atoms with Gasteiger partial charge < -0.3 is 14.0 Å². The van der Waals surface area contributed by atoms with Crippen molar-refractivity contribution < 1.29 is 9.47 Å². The van der Waals surface area contributed by atoms with Crippen LogP contribution in [0.4, 0.5) is 0 Å². The van der Waals surface area contributed by atoms with E-state index in [2.05, 4.69) is 11.6 Å². The highest BCUT2D eigenvalue weighted by molar-refractivity contribution is 6.29. The van der Waals surface area contributed by atoms with Crippen LogP contribution in [-0.2, 0) is 29.8 Å². The van der Waals surface area contributed by atoms with E-state index in [4.69, 9.17) is 21.1 Å². The van der Waals surface area contributed by atoms with Crippen LogP contribution in [0.15, 0.2) is 22.2 Å². The van der Waals surface area contributed by atoms with Gasteiger partial charge in [-0.1, -0.05) is 6.08 Å². The quantitative estimate of drug-likeness (QED) is 0.416. The van der Waals surface area contributed by atoms with Gasteiger partial charge in [-0.3, -0.25) is 13.9 Å². The van der Waals surface area contributed by atoms with Crippen LogP contribution in [0.5, 0.6) is 0 Å². The molecule has 0 fully saturated rings. The van der Waals surface area contributed by atoms with Gasteiger partial charge in [-0.25, -0.2) is 4.79 Å². The fraction of sp³-hybridized carbons (Fsp3) is 0.462. The number of imidazole rings is 1. The van der Waals surface area contributed by atoms with Crippen LogP contribution in [0.3, 0.4) is 0 Å². The van der Waals surface area contributed by atoms with Gasteiger partial charge in [0.2, 0.25) is 5.28 Å². The molecule has 0 bridgehead atoms. The summed E-state index contributed by atoms with van der Waals surface area (Å²) in [5, 5.41) is 0.114. The number of hydrogen-bond acceptors (Lipinski definition) is 5. The molecule has 0 aliphatic carbocycles. The van der Waals surface area contributed by atoms with Gasteiger partial charge in [0.05, 0.1) is 13.2 Å². The fourth-order valence-electron chi connectivity index (χ4n) is 2.04. The van der Waals surface area contributed by atoms with Crippen molar-refractivity contribution in [2.24, 2.45) is 7.05 Å². The van der Waals surface area contributed by atoms with Crippen molar-refractivity contribution in [1.82, 2.24) is 18.7 Å². The van der Waals surface area contributed by atoms with E-state index >= 15 is 0 Å². The van der Waals surface area contributed by atoms with E-state index in [0.29, 0.717) is 19.8 Å². The molecule has 2 heterocycles. The van der Waals surface area contributed by atoms with Gasteiger partial charge in [-0.05, 0) is 11.6 Å². The second-order valence-corrected chi connectivity index (χ2v) is 4.90. The average Bonchev–Trinajstić information content (AvgIpc) is 2.82. The predicted molar refractivity (Wildman–Crippen MR) is 82.3 cm³/mol. The zero-order valence-corrected chi connectivity index (χ0v) is 13.2. The van der Waals surface area contributed by atoms with E-state index in [9.17, 15) is 9.59 Å². The molecule has 22 heavy (non-hydrogen) atoms. The molecule has 9 heteroatoms.